The van der Waals surface area contributed by atoms with Crippen molar-refractivity contribution in [2.75, 3.05) is 0 Å². The van der Waals surface area contributed by atoms with Crippen molar-refractivity contribution < 1.29 is 61.2 Å². The molecule has 136 valence electrons. The van der Waals surface area contributed by atoms with Gasteiger partial charge in [-0.25, -0.2) is 0 Å². The fourth-order valence-electron chi connectivity index (χ4n) is 0.996. The Labute approximate surface area is 155 Å². The molecule has 0 aromatic carbocycles. The van der Waals surface area contributed by atoms with Crippen LogP contribution in [0.3, 0.4) is 0 Å². The summed E-state index contributed by atoms with van der Waals surface area (Å²) in [6, 6.07) is 0. The van der Waals surface area contributed by atoms with Gasteiger partial charge in [0.15, 0.2) is 0 Å². The molecule has 0 aliphatic carbocycles. The minimum Gasteiger partial charge on any atom is -0.543 e. The Bertz CT molecular complexity index is 554. The summed E-state index contributed by atoms with van der Waals surface area (Å²) in [5.41, 5.74) is 1.10. The summed E-state index contributed by atoms with van der Waals surface area (Å²) in [6.07, 6.45) is 5.10. The minimum absolute atomic E-state index is 0. The smallest absolute Gasteiger partial charge is 0.543 e. The maximum atomic E-state index is 10.1. The van der Waals surface area contributed by atoms with Crippen molar-refractivity contribution >= 4 is 11.9 Å². The third-order valence-corrected chi connectivity index (χ3v) is 1.98. The van der Waals surface area contributed by atoms with Gasteiger partial charge in [-0.15, -0.1) is 0 Å². The number of carboxylic acids is 2. The number of aromatic carboxylic acids is 2. The standard InChI is InChI=1S/2C6H6N2O2.4H2O.Zn/c2*1-4-2-8-5(3-7-4)6(9)10;;;;;/h2*2-3H,1H3,(H,9,10);4*1H2;/q;;;;;;+2/p-1. The van der Waals surface area contributed by atoms with E-state index in [1.54, 1.807) is 13.8 Å². The van der Waals surface area contributed by atoms with E-state index < -0.39 is 11.9 Å². The Morgan fingerprint density at radius 1 is 0.720 bits per heavy atom. The van der Waals surface area contributed by atoms with Gasteiger partial charge in [-0.3, -0.25) is 19.9 Å². The molecule has 0 saturated heterocycles. The van der Waals surface area contributed by atoms with Gasteiger partial charge in [0, 0.05) is 12.4 Å². The van der Waals surface area contributed by atoms with Crippen LogP contribution in [0.1, 0.15) is 32.4 Å². The molecule has 0 aliphatic heterocycles. The van der Waals surface area contributed by atoms with Crippen LogP contribution >= 0.6 is 0 Å². The number of hydrogen-bond donors (Lipinski definition) is 0. The van der Waals surface area contributed by atoms with E-state index >= 15 is 0 Å². The monoisotopic (exact) mass is 411 g/mol. The molecule has 25 heavy (non-hydrogen) atoms. The quantitative estimate of drug-likeness (QED) is 0.339. The predicted molar refractivity (Wildman–Crippen MR) is 77.9 cm³/mol. The van der Waals surface area contributed by atoms with Crippen LogP contribution in [0.25, 0.3) is 0 Å². The summed E-state index contributed by atoms with van der Waals surface area (Å²) in [5.74, 6) is -2.60. The molecule has 2 aromatic rings. The first-order chi connectivity index (χ1) is 9.40. The third-order valence-electron chi connectivity index (χ3n) is 1.98. The van der Waals surface area contributed by atoms with Crippen molar-refractivity contribution in [1.82, 2.24) is 19.9 Å². The van der Waals surface area contributed by atoms with E-state index in [-0.39, 0.29) is 52.8 Å². The van der Waals surface area contributed by atoms with Crippen molar-refractivity contribution in [1.29, 1.82) is 0 Å². The van der Waals surface area contributed by atoms with Crippen LogP contribution in [0.4, 0.5) is 0 Å². The minimum atomic E-state index is -1.30. The number of carbonyl (C=O) groups is 2. The normalized spacial score (nSPS) is 7.44. The number of rotatable bonds is 2. The summed E-state index contributed by atoms with van der Waals surface area (Å²) in [4.78, 5) is 34.7. The zero-order valence-electron chi connectivity index (χ0n) is 13.5. The average Bonchev–Trinajstić information content (AvgIpc) is 2.40. The Balaban J connectivity index is -0.0000000889. The number of carbonyl (C=O) groups excluding carboxylic acids is 2. The van der Waals surface area contributed by atoms with E-state index in [0.29, 0.717) is 11.4 Å². The molecule has 0 spiro atoms. The van der Waals surface area contributed by atoms with Crippen LogP contribution in [-0.2, 0) is 25.0 Å². The number of carboxylic acid groups (broad SMARTS) is 2. The van der Waals surface area contributed by atoms with Gasteiger partial charge in [0.1, 0.15) is 11.4 Å². The van der Waals surface area contributed by atoms with E-state index in [0.717, 1.165) is 0 Å². The first kappa shape index (κ1) is 34.0. The molecule has 2 rings (SSSR count). The van der Waals surface area contributed by atoms with Gasteiger partial charge >= 0.3 is 19.5 Å². The van der Waals surface area contributed by atoms with Gasteiger partial charge in [-0.1, -0.05) is 0 Å². The van der Waals surface area contributed by atoms with Gasteiger partial charge in [0.2, 0.25) is 0 Å². The summed E-state index contributed by atoms with van der Waals surface area (Å²) >= 11 is 0. The molecule has 0 atom stereocenters. The van der Waals surface area contributed by atoms with Crippen LogP contribution in [-0.4, -0.2) is 48.3 Å². The Morgan fingerprint density at radius 3 is 1.16 bits per heavy atom. The Morgan fingerprint density at radius 2 is 1.00 bits per heavy atom. The molecule has 12 nitrogen and oxygen atoms in total. The molecule has 0 amide bonds. The van der Waals surface area contributed by atoms with Crippen LogP contribution in [0, 0.1) is 13.8 Å². The summed E-state index contributed by atoms with van der Waals surface area (Å²) in [5, 5.41) is 20.2. The summed E-state index contributed by atoms with van der Waals surface area (Å²) in [7, 11) is 0. The van der Waals surface area contributed by atoms with Crippen LogP contribution in [0.15, 0.2) is 24.8 Å². The zero-order chi connectivity index (χ0) is 15.1. The number of hydrogen-bond acceptors (Lipinski definition) is 8. The fraction of sp³-hybridized carbons (Fsp3) is 0.167. The molecule has 2 aromatic heterocycles. The zero-order valence-corrected chi connectivity index (χ0v) is 16.5. The molecule has 2 heterocycles. The van der Waals surface area contributed by atoms with Gasteiger partial charge in [0.25, 0.3) is 0 Å². The van der Waals surface area contributed by atoms with Crippen molar-refractivity contribution in [3.63, 3.8) is 0 Å². The second-order valence-corrected chi connectivity index (χ2v) is 3.66. The van der Waals surface area contributed by atoms with E-state index in [1.165, 1.54) is 24.8 Å². The Hall–Kier alpha value is -2.44. The molecule has 0 saturated carbocycles. The van der Waals surface area contributed by atoms with Crippen molar-refractivity contribution in [2.45, 2.75) is 13.8 Å². The predicted octanol–water partition coefficient (Wildman–Crippen LogP) is -5.10. The number of aryl methyl sites for hydroxylation is 2. The largest absolute Gasteiger partial charge is 2.00 e. The first-order valence-corrected chi connectivity index (χ1v) is 5.40. The summed E-state index contributed by atoms with van der Waals surface area (Å²) < 4.78 is 0. The topological polar surface area (TPSA) is 259 Å². The van der Waals surface area contributed by atoms with E-state index in [2.05, 4.69) is 19.9 Å². The molecular formula is C12H19N4O8Zn+. The van der Waals surface area contributed by atoms with Gasteiger partial charge in [-0.05, 0) is 13.8 Å². The molecule has 0 aliphatic rings. The third kappa shape index (κ3) is 12.6. The van der Waals surface area contributed by atoms with E-state index in [9.17, 15) is 19.8 Å². The molecule has 0 bridgehead atoms. The fourth-order valence-corrected chi connectivity index (χ4v) is 0.996. The van der Waals surface area contributed by atoms with Crippen LogP contribution < -0.4 is 10.2 Å². The van der Waals surface area contributed by atoms with Crippen molar-refractivity contribution in [3.05, 3.63) is 47.6 Å². The second-order valence-electron chi connectivity index (χ2n) is 3.66. The first-order valence-electron chi connectivity index (χ1n) is 5.40. The van der Waals surface area contributed by atoms with Gasteiger partial charge in [0.05, 0.1) is 35.7 Å². The molecule has 0 unspecified atom stereocenters. The molecule has 0 fully saturated rings. The Kier molecular flexibility index (Phi) is 22.3. The van der Waals surface area contributed by atoms with E-state index in [1.807, 2.05) is 0 Å². The number of aromatic nitrogens is 4. The van der Waals surface area contributed by atoms with Crippen LogP contribution in [0.5, 0.6) is 0 Å². The molecular weight excluding hydrogens is 394 g/mol. The maximum Gasteiger partial charge on any atom is 2.00 e. The second kappa shape index (κ2) is 16.4. The summed E-state index contributed by atoms with van der Waals surface area (Å²) in [6.45, 7) is 3.46. The average molecular weight is 413 g/mol. The van der Waals surface area contributed by atoms with Gasteiger partial charge in [-0.2, -0.15) is 0 Å². The SMILES string of the molecule is Cc1cnc(C(=O)[O-])cn1.Cc1cnc(C(=O)[O-])cn1.O.O.O.[OH3+].[Zn+2]. The van der Waals surface area contributed by atoms with Crippen molar-refractivity contribution in [3.8, 4) is 0 Å². The van der Waals surface area contributed by atoms with Gasteiger partial charge < -0.3 is 41.7 Å². The molecule has 13 heteroatoms. The number of nitrogens with zero attached hydrogens (tertiary/aromatic N) is 4. The molecule has 9 N–H and O–H groups in total. The maximum absolute atomic E-state index is 10.1. The van der Waals surface area contributed by atoms with E-state index in [4.69, 9.17) is 0 Å². The molecule has 0 radical (unpaired) electrons. The van der Waals surface area contributed by atoms with Crippen LogP contribution in [0.2, 0.25) is 0 Å². The van der Waals surface area contributed by atoms with Crippen molar-refractivity contribution in [2.24, 2.45) is 0 Å².